The maximum atomic E-state index is 12.0. The van der Waals surface area contributed by atoms with Gasteiger partial charge in [-0.3, -0.25) is 4.79 Å². The lowest BCUT2D eigenvalue weighted by Gasteiger charge is -2.13. The summed E-state index contributed by atoms with van der Waals surface area (Å²) in [5.74, 6) is 0.696. The van der Waals surface area contributed by atoms with Crippen molar-refractivity contribution in [2.75, 3.05) is 20.8 Å². The number of hydrogen-bond donors (Lipinski definition) is 2. The van der Waals surface area contributed by atoms with Crippen molar-refractivity contribution in [2.24, 2.45) is 0 Å². The van der Waals surface area contributed by atoms with Crippen molar-refractivity contribution in [1.82, 2.24) is 5.32 Å². The van der Waals surface area contributed by atoms with Gasteiger partial charge in [-0.25, -0.2) is 0 Å². The van der Waals surface area contributed by atoms with Crippen LogP contribution in [0.3, 0.4) is 0 Å². The first-order valence-electron chi connectivity index (χ1n) is 6.31. The van der Waals surface area contributed by atoms with Gasteiger partial charge in [0.1, 0.15) is 0 Å². The van der Waals surface area contributed by atoms with Gasteiger partial charge in [-0.15, -0.1) is 0 Å². The number of carbonyl (C=O) groups excluding carboxylic acids is 1. The lowest BCUT2D eigenvalue weighted by molar-refractivity contribution is 0.0938. The molecule has 0 aliphatic heterocycles. The first-order valence-corrected chi connectivity index (χ1v) is 6.31. The standard InChI is InChI=1S/C14H21NO4/c1-4-10(16)8-9-15-14(17)11-6-5-7-12(18-2)13(11)19-3/h5-7,10,16H,4,8-9H2,1-3H3,(H,15,17). The predicted molar refractivity (Wildman–Crippen MR) is 72.8 cm³/mol. The van der Waals surface area contributed by atoms with Crippen LogP contribution in [0.15, 0.2) is 18.2 Å². The van der Waals surface area contributed by atoms with Crippen molar-refractivity contribution >= 4 is 5.91 Å². The van der Waals surface area contributed by atoms with Gasteiger partial charge in [-0.05, 0) is 25.0 Å². The average Bonchev–Trinajstić information content (AvgIpc) is 2.45. The monoisotopic (exact) mass is 267 g/mol. The molecule has 106 valence electrons. The van der Waals surface area contributed by atoms with Gasteiger partial charge in [0.15, 0.2) is 11.5 Å². The van der Waals surface area contributed by atoms with Crippen LogP contribution >= 0.6 is 0 Å². The minimum absolute atomic E-state index is 0.237. The van der Waals surface area contributed by atoms with Crippen LogP contribution in [0.25, 0.3) is 0 Å². The molecule has 1 unspecified atom stereocenters. The molecule has 0 fully saturated rings. The first-order chi connectivity index (χ1) is 9.13. The Morgan fingerprint density at radius 3 is 2.68 bits per heavy atom. The Morgan fingerprint density at radius 2 is 2.11 bits per heavy atom. The smallest absolute Gasteiger partial charge is 0.255 e. The Morgan fingerprint density at radius 1 is 1.37 bits per heavy atom. The molecular formula is C14H21NO4. The van der Waals surface area contributed by atoms with Crippen molar-refractivity contribution < 1.29 is 19.4 Å². The van der Waals surface area contributed by atoms with Crippen molar-refractivity contribution in [2.45, 2.75) is 25.9 Å². The predicted octanol–water partition coefficient (Wildman–Crippen LogP) is 1.59. The Bertz CT molecular complexity index is 420. The van der Waals surface area contributed by atoms with Gasteiger partial charge in [0.05, 0.1) is 25.9 Å². The molecule has 1 amide bonds. The fourth-order valence-corrected chi connectivity index (χ4v) is 1.72. The normalized spacial score (nSPS) is 11.8. The van der Waals surface area contributed by atoms with E-state index in [0.29, 0.717) is 36.4 Å². The Labute approximate surface area is 113 Å². The van der Waals surface area contributed by atoms with Gasteiger partial charge in [0.25, 0.3) is 5.91 Å². The van der Waals surface area contributed by atoms with Crippen LogP contribution in [0.4, 0.5) is 0 Å². The van der Waals surface area contributed by atoms with Crippen molar-refractivity contribution in [3.05, 3.63) is 23.8 Å². The fraction of sp³-hybridized carbons (Fsp3) is 0.500. The molecule has 0 aliphatic rings. The molecule has 5 heteroatoms. The molecule has 19 heavy (non-hydrogen) atoms. The van der Waals surface area contributed by atoms with E-state index in [9.17, 15) is 9.90 Å². The molecule has 1 aromatic rings. The Kier molecular flexibility index (Phi) is 6.15. The minimum Gasteiger partial charge on any atom is -0.493 e. The molecule has 0 saturated heterocycles. The van der Waals surface area contributed by atoms with Gasteiger partial charge in [0.2, 0.25) is 0 Å². The van der Waals surface area contributed by atoms with Crippen LogP contribution in [-0.4, -0.2) is 37.9 Å². The highest BCUT2D eigenvalue weighted by Crippen LogP contribution is 2.30. The van der Waals surface area contributed by atoms with E-state index in [-0.39, 0.29) is 12.0 Å². The third-order valence-electron chi connectivity index (χ3n) is 2.88. The van der Waals surface area contributed by atoms with E-state index in [1.807, 2.05) is 6.92 Å². The second-order valence-corrected chi connectivity index (χ2v) is 4.15. The summed E-state index contributed by atoms with van der Waals surface area (Å²) >= 11 is 0. The lowest BCUT2D eigenvalue weighted by atomic mass is 10.1. The van der Waals surface area contributed by atoms with Gasteiger partial charge in [0, 0.05) is 6.54 Å². The first kappa shape index (κ1) is 15.3. The summed E-state index contributed by atoms with van der Waals surface area (Å²) < 4.78 is 10.3. The number of benzene rings is 1. The fourth-order valence-electron chi connectivity index (χ4n) is 1.72. The summed E-state index contributed by atoms with van der Waals surface area (Å²) in [7, 11) is 3.02. The molecule has 1 atom stereocenters. The summed E-state index contributed by atoms with van der Waals surface area (Å²) in [6.07, 6.45) is 0.833. The van der Waals surface area contributed by atoms with E-state index in [0.717, 1.165) is 0 Å². The third-order valence-corrected chi connectivity index (χ3v) is 2.88. The maximum Gasteiger partial charge on any atom is 0.255 e. The largest absolute Gasteiger partial charge is 0.493 e. The van der Waals surface area contributed by atoms with Crippen molar-refractivity contribution in [3.8, 4) is 11.5 Å². The van der Waals surface area contributed by atoms with E-state index in [4.69, 9.17) is 9.47 Å². The number of methoxy groups -OCH3 is 2. The summed E-state index contributed by atoms with van der Waals surface area (Å²) in [6, 6.07) is 5.14. The summed E-state index contributed by atoms with van der Waals surface area (Å²) in [4.78, 5) is 12.0. The SMILES string of the molecule is CCC(O)CCNC(=O)c1cccc(OC)c1OC. The number of aliphatic hydroxyl groups is 1. The van der Waals surface area contributed by atoms with Gasteiger partial charge in [-0.1, -0.05) is 13.0 Å². The topological polar surface area (TPSA) is 67.8 Å². The van der Waals surface area contributed by atoms with Crippen LogP contribution in [-0.2, 0) is 0 Å². The second kappa shape index (κ2) is 7.63. The third kappa shape index (κ3) is 4.13. The van der Waals surface area contributed by atoms with Crippen LogP contribution in [0.2, 0.25) is 0 Å². The Hall–Kier alpha value is -1.75. The van der Waals surface area contributed by atoms with Gasteiger partial charge >= 0.3 is 0 Å². The number of para-hydroxylation sites is 1. The van der Waals surface area contributed by atoms with E-state index in [2.05, 4.69) is 5.32 Å². The number of amides is 1. The molecule has 0 aromatic heterocycles. The molecule has 1 aromatic carbocycles. The Balaban J connectivity index is 2.71. The highest BCUT2D eigenvalue weighted by atomic mass is 16.5. The maximum absolute atomic E-state index is 12.0. The molecule has 0 bridgehead atoms. The number of rotatable bonds is 7. The molecule has 0 radical (unpaired) electrons. The highest BCUT2D eigenvalue weighted by molar-refractivity contribution is 5.97. The molecule has 5 nitrogen and oxygen atoms in total. The molecule has 0 heterocycles. The van der Waals surface area contributed by atoms with E-state index < -0.39 is 0 Å². The van der Waals surface area contributed by atoms with E-state index in [1.165, 1.54) is 14.2 Å². The zero-order chi connectivity index (χ0) is 14.3. The second-order valence-electron chi connectivity index (χ2n) is 4.15. The lowest BCUT2D eigenvalue weighted by Crippen LogP contribution is -2.27. The van der Waals surface area contributed by atoms with Crippen LogP contribution in [0.1, 0.15) is 30.1 Å². The van der Waals surface area contributed by atoms with Gasteiger partial charge < -0.3 is 19.9 Å². The molecule has 0 aliphatic carbocycles. The number of nitrogens with one attached hydrogen (secondary N) is 1. The number of aliphatic hydroxyl groups excluding tert-OH is 1. The van der Waals surface area contributed by atoms with Crippen LogP contribution in [0.5, 0.6) is 11.5 Å². The number of ether oxygens (including phenoxy) is 2. The van der Waals surface area contributed by atoms with Crippen LogP contribution in [0, 0.1) is 0 Å². The van der Waals surface area contributed by atoms with Gasteiger partial charge in [-0.2, -0.15) is 0 Å². The zero-order valence-electron chi connectivity index (χ0n) is 11.6. The van der Waals surface area contributed by atoms with Crippen LogP contribution < -0.4 is 14.8 Å². The quantitative estimate of drug-likeness (QED) is 0.787. The van der Waals surface area contributed by atoms with E-state index >= 15 is 0 Å². The summed E-state index contributed by atoms with van der Waals surface area (Å²) in [5.41, 5.74) is 0.424. The molecular weight excluding hydrogens is 246 g/mol. The molecule has 2 N–H and O–H groups in total. The molecule has 0 saturated carbocycles. The van der Waals surface area contributed by atoms with Crippen molar-refractivity contribution in [3.63, 3.8) is 0 Å². The minimum atomic E-state index is -0.382. The summed E-state index contributed by atoms with van der Waals surface area (Å²) in [6.45, 7) is 2.33. The number of hydrogen-bond acceptors (Lipinski definition) is 4. The highest BCUT2D eigenvalue weighted by Gasteiger charge is 2.16. The molecule has 0 spiro atoms. The van der Waals surface area contributed by atoms with Crippen molar-refractivity contribution in [1.29, 1.82) is 0 Å². The number of carbonyl (C=O) groups is 1. The molecule has 1 rings (SSSR count). The average molecular weight is 267 g/mol. The van der Waals surface area contributed by atoms with E-state index in [1.54, 1.807) is 18.2 Å². The zero-order valence-corrected chi connectivity index (χ0v) is 11.6. The summed E-state index contributed by atoms with van der Waals surface area (Å²) in [5, 5.41) is 12.2.